The number of hydrogen-bond donors (Lipinski definition) is 2. The van der Waals surface area contributed by atoms with Gasteiger partial charge in [0.2, 0.25) is 5.95 Å². The Kier molecular flexibility index (Phi) is 4.91. The van der Waals surface area contributed by atoms with Crippen molar-refractivity contribution >= 4 is 17.9 Å². The molecule has 0 radical (unpaired) electrons. The lowest BCUT2D eigenvalue weighted by Gasteiger charge is -2.23. The molecule has 1 saturated heterocycles. The van der Waals surface area contributed by atoms with E-state index in [9.17, 15) is 19.5 Å². The third-order valence-corrected chi connectivity index (χ3v) is 3.09. The molecule has 0 saturated carbocycles. The number of rotatable bonds is 4. The van der Waals surface area contributed by atoms with Crippen LogP contribution in [0, 0.1) is 0 Å². The highest BCUT2D eigenvalue weighted by molar-refractivity contribution is 5.67. The molecule has 23 heavy (non-hydrogen) atoms. The van der Waals surface area contributed by atoms with Crippen LogP contribution >= 0.6 is 0 Å². The molecule has 4 atom stereocenters. The summed E-state index contributed by atoms with van der Waals surface area (Å²) in [5.41, 5.74) is 4.53. The molecule has 2 heterocycles. The van der Waals surface area contributed by atoms with E-state index in [2.05, 4.69) is 9.97 Å². The Morgan fingerprint density at radius 2 is 1.96 bits per heavy atom. The molecule has 1 aromatic heterocycles. The number of anilines is 1. The predicted molar refractivity (Wildman–Crippen MR) is 72.8 cm³/mol. The van der Waals surface area contributed by atoms with Crippen LogP contribution in [0.1, 0.15) is 20.1 Å². The van der Waals surface area contributed by atoms with Gasteiger partial charge in [0.15, 0.2) is 18.4 Å². The zero-order valence-electron chi connectivity index (χ0n) is 12.4. The van der Waals surface area contributed by atoms with E-state index in [0.717, 1.165) is 24.7 Å². The number of esters is 2. The zero-order valence-corrected chi connectivity index (χ0v) is 12.4. The molecule has 0 bridgehead atoms. The van der Waals surface area contributed by atoms with Crippen LogP contribution in [0.25, 0.3) is 0 Å². The minimum Gasteiger partial charge on any atom is -0.456 e. The van der Waals surface area contributed by atoms with Crippen LogP contribution in [0.3, 0.4) is 0 Å². The van der Waals surface area contributed by atoms with Crippen LogP contribution in [-0.2, 0) is 23.8 Å². The van der Waals surface area contributed by atoms with Gasteiger partial charge in [0, 0.05) is 13.8 Å². The van der Waals surface area contributed by atoms with Crippen molar-refractivity contribution in [3.8, 4) is 0 Å². The molecular formula is C12H16N4O7. The Morgan fingerprint density at radius 3 is 2.48 bits per heavy atom. The molecule has 1 aromatic rings. The molecular weight excluding hydrogens is 312 g/mol. The summed E-state index contributed by atoms with van der Waals surface area (Å²) >= 11 is 0. The third-order valence-electron chi connectivity index (χ3n) is 3.09. The summed E-state index contributed by atoms with van der Waals surface area (Å²) in [4.78, 5) is 41.6. The lowest BCUT2D eigenvalue weighted by atomic mass is 10.1. The molecule has 0 amide bonds. The lowest BCUT2D eigenvalue weighted by molar-refractivity contribution is -0.165. The third kappa shape index (κ3) is 3.63. The number of nitrogens with zero attached hydrogens (tertiary/aromatic N) is 3. The molecule has 0 unspecified atom stereocenters. The Hall–Kier alpha value is -2.53. The first-order valence-corrected chi connectivity index (χ1v) is 6.65. The minimum atomic E-state index is -1.17. The molecule has 1 aliphatic heterocycles. The summed E-state index contributed by atoms with van der Waals surface area (Å²) in [6.45, 7) is 1.79. The van der Waals surface area contributed by atoms with Crippen LogP contribution < -0.4 is 11.4 Å². The Bertz CT molecular complexity index is 661. The summed E-state index contributed by atoms with van der Waals surface area (Å²) in [7, 11) is 0. The van der Waals surface area contributed by atoms with E-state index < -0.39 is 48.8 Å². The van der Waals surface area contributed by atoms with Gasteiger partial charge >= 0.3 is 17.6 Å². The predicted octanol–water partition coefficient (Wildman–Crippen LogP) is -2.03. The Labute approximate surface area is 130 Å². The quantitative estimate of drug-likeness (QED) is 0.591. The smallest absolute Gasteiger partial charge is 0.354 e. The first-order valence-electron chi connectivity index (χ1n) is 6.65. The van der Waals surface area contributed by atoms with E-state index in [1.165, 1.54) is 0 Å². The van der Waals surface area contributed by atoms with Crippen molar-refractivity contribution in [2.75, 3.05) is 12.3 Å². The van der Waals surface area contributed by atoms with Crippen molar-refractivity contribution in [1.82, 2.24) is 14.5 Å². The topological polar surface area (TPSA) is 156 Å². The summed E-state index contributed by atoms with van der Waals surface area (Å²) in [6.07, 6.45) is -3.34. The average molecular weight is 328 g/mol. The number of hydrogen-bond acceptors (Lipinski definition) is 10. The highest BCUT2D eigenvalue weighted by atomic mass is 16.6. The van der Waals surface area contributed by atoms with Crippen molar-refractivity contribution in [3.05, 3.63) is 16.8 Å². The first kappa shape index (κ1) is 16.8. The van der Waals surface area contributed by atoms with Gasteiger partial charge in [0.05, 0.1) is 6.61 Å². The number of aliphatic hydroxyl groups is 1. The number of carbonyl (C=O) groups is 2. The van der Waals surface area contributed by atoms with Crippen molar-refractivity contribution in [1.29, 1.82) is 0 Å². The molecule has 11 nitrogen and oxygen atoms in total. The van der Waals surface area contributed by atoms with Gasteiger partial charge in [0.1, 0.15) is 12.4 Å². The number of ether oxygens (including phenoxy) is 3. The molecule has 0 spiro atoms. The number of nitrogens with two attached hydrogens (primary N) is 1. The fourth-order valence-electron chi connectivity index (χ4n) is 2.26. The number of carbonyl (C=O) groups excluding carboxylic acids is 2. The average Bonchev–Trinajstić information content (AvgIpc) is 2.76. The maximum atomic E-state index is 11.9. The molecule has 126 valence electrons. The van der Waals surface area contributed by atoms with Gasteiger partial charge in [-0.3, -0.25) is 14.2 Å². The van der Waals surface area contributed by atoms with Crippen molar-refractivity contribution in [3.63, 3.8) is 0 Å². The maximum absolute atomic E-state index is 11.9. The summed E-state index contributed by atoms with van der Waals surface area (Å²) in [5.74, 6) is -1.57. The first-order chi connectivity index (χ1) is 10.8. The number of nitrogen functional groups attached to an aromatic ring is 1. The lowest BCUT2D eigenvalue weighted by Crippen LogP contribution is -2.41. The summed E-state index contributed by atoms with van der Waals surface area (Å²) < 4.78 is 16.6. The van der Waals surface area contributed by atoms with Gasteiger partial charge in [-0.2, -0.15) is 4.98 Å². The van der Waals surface area contributed by atoms with Gasteiger partial charge in [0.25, 0.3) is 0 Å². The minimum absolute atomic E-state index is 0.233. The fourth-order valence-corrected chi connectivity index (χ4v) is 2.26. The van der Waals surface area contributed by atoms with Gasteiger partial charge in [-0.05, 0) is 0 Å². The van der Waals surface area contributed by atoms with Crippen LogP contribution in [0.2, 0.25) is 0 Å². The molecule has 0 aromatic carbocycles. The van der Waals surface area contributed by atoms with E-state index in [-0.39, 0.29) is 5.95 Å². The summed E-state index contributed by atoms with van der Waals surface area (Å²) in [6, 6.07) is 0. The molecule has 11 heteroatoms. The van der Waals surface area contributed by atoms with E-state index >= 15 is 0 Å². The number of aliphatic hydroxyl groups excluding tert-OH is 1. The van der Waals surface area contributed by atoms with Gasteiger partial charge in [-0.25, -0.2) is 9.78 Å². The van der Waals surface area contributed by atoms with Crippen molar-refractivity contribution < 1.29 is 28.9 Å². The molecule has 1 fully saturated rings. The van der Waals surface area contributed by atoms with Crippen LogP contribution in [0.5, 0.6) is 0 Å². The second-order valence-corrected chi connectivity index (χ2v) is 4.80. The SMILES string of the molecule is CC(=O)O[C@@H]1[C@H](OC(C)=O)[C@@H](CO)O[C@H]1n1cnc(N)nc1=O. The van der Waals surface area contributed by atoms with Crippen LogP contribution in [0.15, 0.2) is 11.1 Å². The number of aromatic nitrogens is 3. The van der Waals surface area contributed by atoms with Crippen LogP contribution in [0.4, 0.5) is 5.95 Å². The highest BCUT2D eigenvalue weighted by Gasteiger charge is 2.50. The fraction of sp³-hybridized carbons (Fsp3) is 0.583. The second kappa shape index (κ2) is 6.71. The molecule has 2 rings (SSSR count). The van der Waals surface area contributed by atoms with E-state index in [1.54, 1.807) is 0 Å². The monoisotopic (exact) mass is 328 g/mol. The van der Waals surface area contributed by atoms with E-state index in [4.69, 9.17) is 19.9 Å². The molecule has 3 N–H and O–H groups in total. The van der Waals surface area contributed by atoms with Crippen LogP contribution in [-0.4, -0.2) is 56.5 Å². The standard InChI is InChI=1S/C12H16N4O7/c1-5(18)21-8-7(3-17)23-10(9(8)22-6(2)19)16-4-14-11(13)15-12(16)20/h4,7-10,17H,3H2,1-2H3,(H2,13,15,20)/t7-,8-,9-,10-/m1/s1. The largest absolute Gasteiger partial charge is 0.456 e. The van der Waals surface area contributed by atoms with Gasteiger partial charge in [-0.15, -0.1) is 0 Å². The van der Waals surface area contributed by atoms with Crippen molar-refractivity contribution in [2.45, 2.75) is 38.4 Å². The highest BCUT2D eigenvalue weighted by Crippen LogP contribution is 2.33. The van der Waals surface area contributed by atoms with Crippen molar-refractivity contribution in [2.24, 2.45) is 0 Å². The summed E-state index contributed by atoms with van der Waals surface area (Å²) in [5, 5.41) is 9.38. The Balaban J connectivity index is 2.41. The second-order valence-electron chi connectivity index (χ2n) is 4.80. The van der Waals surface area contributed by atoms with E-state index in [0.29, 0.717) is 0 Å². The normalized spacial score (nSPS) is 26.7. The van der Waals surface area contributed by atoms with Gasteiger partial charge in [-0.1, -0.05) is 0 Å². The molecule has 0 aliphatic carbocycles. The Morgan fingerprint density at radius 1 is 1.35 bits per heavy atom. The molecule has 1 aliphatic rings. The maximum Gasteiger partial charge on any atom is 0.354 e. The van der Waals surface area contributed by atoms with Gasteiger partial charge < -0.3 is 25.1 Å². The zero-order chi connectivity index (χ0) is 17.1. The van der Waals surface area contributed by atoms with E-state index in [1.807, 2.05) is 0 Å².